The van der Waals surface area contributed by atoms with Crippen molar-refractivity contribution in [1.82, 2.24) is 9.91 Å². The number of nitrogens with zero attached hydrogens (tertiary/aromatic N) is 4. The number of oxime groups is 1. The predicted molar refractivity (Wildman–Crippen MR) is 56.0 cm³/mol. The van der Waals surface area contributed by atoms with Gasteiger partial charge in [-0.05, 0) is 5.16 Å². The molecule has 15 heavy (non-hydrogen) atoms. The van der Waals surface area contributed by atoms with Crippen molar-refractivity contribution >= 4 is 11.8 Å². The Morgan fingerprint density at radius 1 is 1.27 bits per heavy atom. The van der Waals surface area contributed by atoms with Gasteiger partial charge in [-0.15, -0.1) is 5.10 Å². The molecule has 5 heteroatoms. The second-order valence-corrected chi connectivity index (χ2v) is 3.40. The summed E-state index contributed by atoms with van der Waals surface area (Å²) in [7, 11) is 1.93. The van der Waals surface area contributed by atoms with Gasteiger partial charge in [0, 0.05) is 12.6 Å². The van der Waals surface area contributed by atoms with Crippen molar-refractivity contribution in [2.24, 2.45) is 10.3 Å². The zero-order valence-electron chi connectivity index (χ0n) is 8.29. The van der Waals surface area contributed by atoms with Crippen LogP contribution in [0.5, 0.6) is 0 Å². The Balaban J connectivity index is 1.99. The van der Waals surface area contributed by atoms with Gasteiger partial charge in [-0.3, -0.25) is 4.90 Å². The second-order valence-electron chi connectivity index (χ2n) is 3.40. The van der Waals surface area contributed by atoms with Crippen LogP contribution in [0.3, 0.4) is 0 Å². The van der Waals surface area contributed by atoms with Gasteiger partial charge in [0.25, 0.3) is 5.96 Å². The van der Waals surface area contributed by atoms with Gasteiger partial charge in [-0.1, -0.05) is 30.3 Å². The Morgan fingerprint density at radius 3 is 2.80 bits per heavy atom. The van der Waals surface area contributed by atoms with Crippen LogP contribution in [0, 0.1) is 0 Å². The number of rotatable bonds is 1. The third kappa shape index (κ3) is 1.16. The molecular weight excluding hydrogens is 192 g/mol. The van der Waals surface area contributed by atoms with E-state index in [9.17, 15) is 0 Å². The van der Waals surface area contributed by atoms with Crippen LogP contribution in [-0.4, -0.2) is 35.5 Å². The average Bonchev–Trinajstić information content (AvgIpc) is 2.83. The molecule has 0 atom stereocenters. The van der Waals surface area contributed by atoms with Gasteiger partial charge in [0.2, 0.25) is 6.73 Å². The van der Waals surface area contributed by atoms with E-state index in [-0.39, 0.29) is 0 Å². The molecule has 2 aliphatic heterocycles. The van der Waals surface area contributed by atoms with Crippen LogP contribution in [0.1, 0.15) is 5.56 Å². The molecule has 76 valence electrons. The van der Waals surface area contributed by atoms with Gasteiger partial charge >= 0.3 is 0 Å². The number of guanidine groups is 1. The van der Waals surface area contributed by atoms with Crippen molar-refractivity contribution in [2.75, 3.05) is 13.8 Å². The molecule has 3 rings (SSSR count). The summed E-state index contributed by atoms with van der Waals surface area (Å²) < 4.78 is 0. The van der Waals surface area contributed by atoms with Crippen molar-refractivity contribution in [3.05, 3.63) is 35.9 Å². The number of amidine groups is 1. The molecule has 0 fully saturated rings. The molecule has 0 saturated heterocycles. The minimum absolute atomic E-state index is 0.399. The average molecular weight is 202 g/mol. The van der Waals surface area contributed by atoms with Crippen LogP contribution in [0.4, 0.5) is 0 Å². The molecule has 1 aromatic rings. The maximum atomic E-state index is 4.93. The summed E-state index contributed by atoms with van der Waals surface area (Å²) in [5.74, 6) is 1.64. The lowest BCUT2D eigenvalue weighted by Gasteiger charge is -2.11. The fourth-order valence-corrected chi connectivity index (χ4v) is 1.67. The molecule has 0 amide bonds. The Morgan fingerprint density at radius 2 is 2.07 bits per heavy atom. The van der Waals surface area contributed by atoms with E-state index in [2.05, 4.69) is 10.3 Å². The molecule has 0 spiro atoms. The number of benzene rings is 1. The molecule has 1 aromatic carbocycles. The fraction of sp³-hybridized carbons (Fsp3) is 0.200. The largest absolute Gasteiger partial charge is 0.369 e. The number of hydrazone groups is 1. The molecule has 0 saturated carbocycles. The lowest BCUT2D eigenvalue weighted by molar-refractivity contribution is 0.112. The van der Waals surface area contributed by atoms with Crippen molar-refractivity contribution < 1.29 is 4.84 Å². The van der Waals surface area contributed by atoms with Crippen molar-refractivity contribution in [3.8, 4) is 0 Å². The molecule has 0 unspecified atom stereocenters. The van der Waals surface area contributed by atoms with E-state index >= 15 is 0 Å². The Labute approximate surface area is 87.2 Å². The maximum Gasteiger partial charge on any atom is 0.268 e. The third-order valence-electron chi connectivity index (χ3n) is 2.42. The highest BCUT2D eigenvalue weighted by Crippen LogP contribution is 2.18. The summed E-state index contributed by atoms with van der Waals surface area (Å²) in [5, 5.41) is 10.1. The predicted octanol–water partition coefficient (Wildman–Crippen LogP) is 0.854. The minimum atomic E-state index is 0.399. The molecule has 0 radical (unpaired) electrons. The maximum absolute atomic E-state index is 4.93. The van der Waals surface area contributed by atoms with E-state index in [1.165, 1.54) is 0 Å². The highest BCUT2D eigenvalue weighted by Gasteiger charge is 2.32. The first-order valence-electron chi connectivity index (χ1n) is 4.71. The molecule has 0 aromatic heterocycles. The molecule has 0 N–H and O–H groups in total. The first-order valence-corrected chi connectivity index (χ1v) is 4.71. The van der Waals surface area contributed by atoms with Gasteiger partial charge in [0.1, 0.15) is 0 Å². The number of hydrogen-bond donors (Lipinski definition) is 0. The van der Waals surface area contributed by atoms with Crippen LogP contribution in [-0.2, 0) is 4.84 Å². The van der Waals surface area contributed by atoms with Crippen LogP contribution < -0.4 is 0 Å². The lowest BCUT2D eigenvalue weighted by Crippen LogP contribution is -2.32. The normalized spacial score (nSPS) is 18.5. The molecular formula is C10H10N4O. The first kappa shape index (κ1) is 8.28. The van der Waals surface area contributed by atoms with Crippen molar-refractivity contribution in [3.63, 3.8) is 0 Å². The van der Waals surface area contributed by atoms with Crippen molar-refractivity contribution in [1.29, 1.82) is 0 Å². The number of hydrogen-bond acceptors (Lipinski definition) is 5. The van der Waals surface area contributed by atoms with Gasteiger partial charge in [0.15, 0.2) is 5.84 Å². The van der Waals surface area contributed by atoms with Gasteiger partial charge in [-0.25, -0.2) is 0 Å². The standard InChI is InChI=1S/C10H10N4O/c1-13-9(8-5-3-2-4-6-8)11-14-7-15-12-10(13)14/h2-6H,7H2,1H3. The van der Waals surface area contributed by atoms with Gasteiger partial charge in [-0.2, -0.15) is 5.01 Å². The highest BCUT2D eigenvalue weighted by molar-refractivity contribution is 6.11. The van der Waals surface area contributed by atoms with Gasteiger partial charge < -0.3 is 4.84 Å². The molecule has 2 aliphatic rings. The Kier molecular flexibility index (Phi) is 1.65. The quantitative estimate of drug-likeness (QED) is 0.678. The van der Waals surface area contributed by atoms with E-state index in [0.29, 0.717) is 6.73 Å². The molecule has 5 nitrogen and oxygen atoms in total. The smallest absolute Gasteiger partial charge is 0.268 e. The summed E-state index contributed by atoms with van der Waals surface area (Å²) in [4.78, 5) is 6.85. The van der Waals surface area contributed by atoms with Crippen LogP contribution >= 0.6 is 0 Å². The fourth-order valence-electron chi connectivity index (χ4n) is 1.67. The zero-order valence-corrected chi connectivity index (χ0v) is 8.29. The van der Waals surface area contributed by atoms with E-state index in [0.717, 1.165) is 17.4 Å². The summed E-state index contributed by atoms with van der Waals surface area (Å²) in [6.07, 6.45) is 0. The van der Waals surface area contributed by atoms with E-state index in [1.54, 1.807) is 5.01 Å². The van der Waals surface area contributed by atoms with Crippen LogP contribution in [0.15, 0.2) is 40.6 Å². The minimum Gasteiger partial charge on any atom is -0.369 e. The van der Waals surface area contributed by atoms with E-state index in [4.69, 9.17) is 4.84 Å². The van der Waals surface area contributed by atoms with E-state index in [1.807, 2.05) is 42.3 Å². The van der Waals surface area contributed by atoms with E-state index < -0.39 is 0 Å². The lowest BCUT2D eigenvalue weighted by atomic mass is 10.2. The van der Waals surface area contributed by atoms with Crippen LogP contribution in [0.25, 0.3) is 0 Å². The molecule has 2 heterocycles. The highest BCUT2D eigenvalue weighted by atomic mass is 16.7. The topological polar surface area (TPSA) is 40.4 Å². The summed E-state index contributed by atoms with van der Waals surface area (Å²) in [6, 6.07) is 10.0. The van der Waals surface area contributed by atoms with Crippen LogP contribution in [0.2, 0.25) is 0 Å². The molecule has 0 aliphatic carbocycles. The summed E-state index contributed by atoms with van der Waals surface area (Å²) in [5.41, 5.74) is 1.08. The zero-order chi connectivity index (χ0) is 10.3. The SMILES string of the molecule is CN1C(c2ccccc2)=NN2CON=C21. The first-order chi connectivity index (χ1) is 7.36. The summed E-state index contributed by atoms with van der Waals surface area (Å²) >= 11 is 0. The Bertz CT molecular complexity index is 440. The van der Waals surface area contributed by atoms with Crippen molar-refractivity contribution in [2.45, 2.75) is 0 Å². The number of fused-ring (bicyclic) bond motifs is 1. The monoisotopic (exact) mass is 202 g/mol. The Hall–Kier alpha value is -2.04. The second kappa shape index (κ2) is 2.98. The third-order valence-corrected chi connectivity index (χ3v) is 2.42. The summed E-state index contributed by atoms with van der Waals surface area (Å²) in [6.45, 7) is 0.399. The van der Waals surface area contributed by atoms with Gasteiger partial charge in [0.05, 0.1) is 0 Å². The molecule has 0 bridgehead atoms.